The highest BCUT2D eigenvalue weighted by Crippen LogP contribution is 2.31. The van der Waals surface area contributed by atoms with E-state index in [-0.39, 0.29) is 49.5 Å². The van der Waals surface area contributed by atoms with Crippen LogP contribution in [0.2, 0.25) is 0 Å². The summed E-state index contributed by atoms with van der Waals surface area (Å²) in [7, 11) is -2.07. The molecule has 0 bridgehead atoms. The average molecular weight is 405 g/mol. The third-order valence-electron chi connectivity index (χ3n) is 4.79. The lowest BCUT2D eigenvalue weighted by molar-refractivity contribution is -0.118. The number of nitrogens with one attached hydrogen (secondary N) is 1. The number of sulfonamides is 1. The van der Waals surface area contributed by atoms with E-state index in [9.17, 15) is 18.0 Å². The summed E-state index contributed by atoms with van der Waals surface area (Å²) >= 11 is 0. The van der Waals surface area contributed by atoms with Gasteiger partial charge in [0, 0.05) is 39.4 Å². The third-order valence-corrected chi connectivity index (χ3v) is 6.68. The fourth-order valence-corrected chi connectivity index (χ4v) is 4.70. The van der Waals surface area contributed by atoms with Gasteiger partial charge in [0.1, 0.15) is 11.4 Å². The van der Waals surface area contributed by atoms with Gasteiger partial charge in [-0.15, -0.1) is 0 Å². The van der Waals surface area contributed by atoms with Crippen molar-refractivity contribution in [3.8, 4) is 5.75 Å². The Balaban J connectivity index is 1.48. The molecule has 2 aliphatic rings. The minimum absolute atomic E-state index is 0.0726. The minimum atomic E-state index is -3.75. The Morgan fingerprint density at radius 1 is 1.18 bits per heavy atom. The zero-order chi connectivity index (χ0) is 19.9. The van der Waals surface area contributed by atoms with Crippen molar-refractivity contribution in [2.24, 2.45) is 7.05 Å². The van der Waals surface area contributed by atoms with E-state index < -0.39 is 10.0 Å². The fourth-order valence-electron chi connectivity index (χ4n) is 3.25. The summed E-state index contributed by atoms with van der Waals surface area (Å²) in [6.45, 7) is 0.853. The Bertz CT molecular complexity index is 1040. The summed E-state index contributed by atoms with van der Waals surface area (Å²) in [5.41, 5.74) is 0.795. The first-order valence-corrected chi connectivity index (χ1v) is 10.1. The van der Waals surface area contributed by atoms with Crippen molar-refractivity contribution in [3.63, 3.8) is 0 Å². The molecule has 1 N–H and O–H groups in total. The highest BCUT2D eigenvalue weighted by molar-refractivity contribution is 7.89. The van der Waals surface area contributed by atoms with Gasteiger partial charge in [-0.25, -0.2) is 8.42 Å². The molecule has 10 nitrogen and oxygen atoms in total. The number of rotatable bonds is 3. The van der Waals surface area contributed by atoms with Crippen LogP contribution >= 0.6 is 0 Å². The smallest absolute Gasteiger partial charge is 0.272 e. The molecule has 1 fully saturated rings. The van der Waals surface area contributed by atoms with Gasteiger partial charge in [-0.05, 0) is 24.3 Å². The summed E-state index contributed by atoms with van der Waals surface area (Å²) in [6, 6.07) is 6.02. The number of aryl methyl sites for hydroxylation is 1. The summed E-state index contributed by atoms with van der Waals surface area (Å²) in [5.74, 6) is -0.0693. The zero-order valence-electron chi connectivity index (χ0n) is 15.2. The second-order valence-electron chi connectivity index (χ2n) is 6.53. The lowest BCUT2D eigenvalue weighted by Gasteiger charge is -2.34. The van der Waals surface area contributed by atoms with E-state index in [1.807, 2.05) is 0 Å². The first kappa shape index (κ1) is 18.4. The maximum Gasteiger partial charge on any atom is 0.272 e. The number of carbonyl (C=O) groups is 2. The predicted molar refractivity (Wildman–Crippen MR) is 98.4 cm³/mol. The molecule has 11 heteroatoms. The summed E-state index contributed by atoms with van der Waals surface area (Å²) in [6.07, 6.45) is 1.55. The van der Waals surface area contributed by atoms with Crippen molar-refractivity contribution < 1.29 is 22.7 Å². The van der Waals surface area contributed by atoms with Gasteiger partial charge in [0.15, 0.2) is 6.61 Å². The van der Waals surface area contributed by atoms with Crippen molar-refractivity contribution >= 4 is 27.5 Å². The number of anilines is 1. The Hall–Kier alpha value is -2.92. The van der Waals surface area contributed by atoms with E-state index in [0.29, 0.717) is 17.1 Å². The number of amides is 2. The molecule has 4 rings (SSSR count). The van der Waals surface area contributed by atoms with Crippen molar-refractivity contribution in [2.75, 3.05) is 38.1 Å². The van der Waals surface area contributed by atoms with E-state index >= 15 is 0 Å². The van der Waals surface area contributed by atoms with Gasteiger partial charge in [-0.3, -0.25) is 14.3 Å². The van der Waals surface area contributed by atoms with Gasteiger partial charge >= 0.3 is 0 Å². The summed E-state index contributed by atoms with van der Waals surface area (Å²) < 4.78 is 34.0. The van der Waals surface area contributed by atoms with E-state index in [1.165, 1.54) is 27.2 Å². The average Bonchev–Trinajstić information content (AvgIpc) is 3.12. The van der Waals surface area contributed by atoms with Crippen LogP contribution in [0, 0.1) is 0 Å². The van der Waals surface area contributed by atoms with Gasteiger partial charge < -0.3 is 15.0 Å². The second-order valence-corrected chi connectivity index (χ2v) is 8.47. The Labute approximate surface area is 161 Å². The minimum Gasteiger partial charge on any atom is -0.482 e. The molecular formula is C17H19N5O5S. The SMILES string of the molecule is Cn1nccc1C(=O)N1CCN(S(=O)(=O)c2ccc3c(c2)NC(=O)CO3)CC1. The molecule has 2 aromatic rings. The quantitative estimate of drug-likeness (QED) is 0.763. The molecule has 0 unspecified atom stereocenters. The lowest BCUT2D eigenvalue weighted by Crippen LogP contribution is -2.50. The molecule has 0 radical (unpaired) electrons. The van der Waals surface area contributed by atoms with Crippen LogP contribution in [0.25, 0.3) is 0 Å². The number of aromatic nitrogens is 2. The number of fused-ring (bicyclic) bond motifs is 1. The van der Waals surface area contributed by atoms with Gasteiger partial charge in [0.2, 0.25) is 10.0 Å². The first-order chi connectivity index (χ1) is 13.4. The number of carbonyl (C=O) groups excluding carboxylic acids is 2. The molecule has 3 heterocycles. The van der Waals surface area contributed by atoms with E-state index in [4.69, 9.17) is 4.74 Å². The zero-order valence-corrected chi connectivity index (χ0v) is 16.0. The predicted octanol–water partition coefficient (Wildman–Crippen LogP) is -0.102. The third kappa shape index (κ3) is 3.22. The van der Waals surface area contributed by atoms with Crippen molar-refractivity contribution in [3.05, 3.63) is 36.2 Å². The second kappa shape index (κ2) is 6.91. The number of hydrogen-bond donors (Lipinski definition) is 1. The van der Waals surface area contributed by atoms with Gasteiger partial charge in [0.25, 0.3) is 11.8 Å². The van der Waals surface area contributed by atoms with Gasteiger partial charge in [-0.1, -0.05) is 0 Å². The van der Waals surface area contributed by atoms with Crippen LogP contribution in [-0.4, -0.2) is 72.0 Å². The van der Waals surface area contributed by atoms with E-state index in [0.717, 1.165) is 0 Å². The van der Waals surface area contributed by atoms with E-state index in [1.54, 1.807) is 24.2 Å². The summed E-state index contributed by atoms with van der Waals surface area (Å²) in [5, 5.41) is 6.60. The molecule has 2 aliphatic heterocycles. The van der Waals surface area contributed by atoms with E-state index in [2.05, 4.69) is 10.4 Å². The normalized spacial score (nSPS) is 17.6. The van der Waals surface area contributed by atoms with Gasteiger partial charge in [-0.2, -0.15) is 9.40 Å². The van der Waals surface area contributed by atoms with Crippen LogP contribution in [0.1, 0.15) is 10.5 Å². The fraction of sp³-hybridized carbons (Fsp3) is 0.353. The standard InChI is InChI=1S/C17H19N5O5S/c1-20-14(4-5-18-20)17(24)21-6-8-22(9-7-21)28(25,26)12-2-3-15-13(10-12)19-16(23)11-27-15/h2-5,10H,6-9,11H2,1H3,(H,19,23). The number of benzene rings is 1. The molecule has 1 saturated heterocycles. The monoisotopic (exact) mass is 405 g/mol. The molecule has 148 valence electrons. The number of ether oxygens (including phenoxy) is 1. The molecule has 0 aliphatic carbocycles. The maximum atomic E-state index is 13.0. The Morgan fingerprint density at radius 2 is 1.93 bits per heavy atom. The van der Waals surface area contributed by atoms with Crippen LogP contribution in [0.3, 0.4) is 0 Å². The number of piperazine rings is 1. The van der Waals surface area contributed by atoms with Crippen LogP contribution in [0.15, 0.2) is 35.4 Å². The number of nitrogens with zero attached hydrogens (tertiary/aromatic N) is 4. The molecule has 1 aromatic carbocycles. The molecule has 0 saturated carbocycles. The molecule has 28 heavy (non-hydrogen) atoms. The van der Waals surface area contributed by atoms with Crippen molar-refractivity contribution in [1.82, 2.24) is 19.0 Å². The molecule has 0 atom stereocenters. The Kier molecular flexibility index (Phi) is 4.55. The van der Waals surface area contributed by atoms with Crippen LogP contribution in [0.5, 0.6) is 5.75 Å². The van der Waals surface area contributed by atoms with Crippen molar-refractivity contribution in [1.29, 1.82) is 0 Å². The molecular weight excluding hydrogens is 386 g/mol. The number of hydrogen-bond acceptors (Lipinski definition) is 6. The first-order valence-electron chi connectivity index (χ1n) is 8.70. The molecule has 1 aromatic heterocycles. The lowest BCUT2D eigenvalue weighted by atomic mass is 10.2. The highest BCUT2D eigenvalue weighted by Gasteiger charge is 2.32. The maximum absolute atomic E-state index is 13.0. The molecule has 0 spiro atoms. The van der Waals surface area contributed by atoms with Crippen LogP contribution in [0.4, 0.5) is 5.69 Å². The highest BCUT2D eigenvalue weighted by atomic mass is 32.2. The van der Waals surface area contributed by atoms with Crippen molar-refractivity contribution in [2.45, 2.75) is 4.90 Å². The van der Waals surface area contributed by atoms with Gasteiger partial charge in [0.05, 0.1) is 10.6 Å². The van der Waals surface area contributed by atoms with Crippen LogP contribution < -0.4 is 10.1 Å². The summed E-state index contributed by atoms with van der Waals surface area (Å²) in [4.78, 5) is 25.7. The largest absolute Gasteiger partial charge is 0.482 e. The topological polar surface area (TPSA) is 114 Å². The van der Waals surface area contributed by atoms with Crippen LogP contribution in [-0.2, 0) is 21.9 Å². The molecule has 2 amide bonds. The Morgan fingerprint density at radius 3 is 2.61 bits per heavy atom.